The molecule has 0 aliphatic carbocycles. The minimum atomic E-state index is -0.169. The van der Waals surface area contributed by atoms with E-state index in [0.717, 1.165) is 22.0 Å². The first-order valence-electron chi connectivity index (χ1n) is 9.01. The zero-order chi connectivity index (χ0) is 19.5. The van der Waals surface area contributed by atoms with Crippen LogP contribution in [0.3, 0.4) is 0 Å². The highest BCUT2D eigenvalue weighted by molar-refractivity contribution is 7.13. The second kappa shape index (κ2) is 7.85. The van der Waals surface area contributed by atoms with E-state index < -0.39 is 0 Å². The molecule has 7 nitrogen and oxygen atoms in total. The van der Waals surface area contributed by atoms with E-state index in [2.05, 4.69) is 10.3 Å². The van der Waals surface area contributed by atoms with Gasteiger partial charge in [0, 0.05) is 48.5 Å². The van der Waals surface area contributed by atoms with Crippen LogP contribution in [0.5, 0.6) is 0 Å². The molecule has 0 unspecified atom stereocenters. The quantitative estimate of drug-likeness (QED) is 0.732. The highest BCUT2D eigenvalue weighted by Crippen LogP contribution is 2.26. The highest BCUT2D eigenvalue weighted by Gasteiger charge is 2.26. The summed E-state index contributed by atoms with van der Waals surface area (Å²) in [7, 11) is 0. The zero-order valence-electron chi connectivity index (χ0n) is 15.4. The van der Waals surface area contributed by atoms with Gasteiger partial charge < -0.3 is 19.5 Å². The second-order valence-electron chi connectivity index (χ2n) is 6.56. The Morgan fingerprint density at radius 1 is 1.11 bits per heavy atom. The van der Waals surface area contributed by atoms with Gasteiger partial charge in [0.2, 0.25) is 0 Å². The van der Waals surface area contributed by atoms with Gasteiger partial charge in [0.05, 0.1) is 6.26 Å². The SMILES string of the molecule is Cc1csc(-c2cccc(NC(=O)N3CCN(C(=O)c4ccco4)CC3)c2)n1. The third kappa shape index (κ3) is 3.91. The summed E-state index contributed by atoms with van der Waals surface area (Å²) in [6.07, 6.45) is 1.48. The molecule has 0 spiro atoms. The van der Waals surface area contributed by atoms with E-state index in [9.17, 15) is 9.59 Å². The smallest absolute Gasteiger partial charge is 0.321 e. The van der Waals surface area contributed by atoms with Crippen molar-refractivity contribution in [3.8, 4) is 10.6 Å². The summed E-state index contributed by atoms with van der Waals surface area (Å²) in [5.41, 5.74) is 2.69. The van der Waals surface area contributed by atoms with Crippen LogP contribution in [0.4, 0.5) is 10.5 Å². The molecular weight excluding hydrogens is 376 g/mol. The van der Waals surface area contributed by atoms with Crippen molar-refractivity contribution >= 4 is 29.0 Å². The number of aromatic nitrogens is 1. The van der Waals surface area contributed by atoms with Gasteiger partial charge in [0.1, 0.15) is 5.01 Å². The first kappa shape index (κ1) is 18.2. The fraction of sp³-hybridized carbons (Fsp3) is 0.250. The maximum absolute atomic E-state index is 12.6. The summed E-state index contributed by atoms with van der Waals surface area (Å²) in [5, 5.41) is 5.88. The summed E-state index contributed by atoms with van der Waals surface area (Å²) in [5.74, 6) is 0.184. The number of carbonyl (C=O) groups is 2. The first-order chi connectivity index (χ1) is 13.6. The van der Waals surface area contributed by atoms with Crippen LogP contribution >= 0.6 is 11.3 Å². The molecule has 0 saturated carbocycles. The maximum Gasteiger partial charge on any atom is 0.321 e. The topological polar surface area (TPSA) is 78.7 Å². The lowest BCUT2D eigenvalue weighted by atomic mass is 10.2. The Morgan fingerprint density at radius 2 is 1.89 bits per heavy atom. The van der Waals surface area contributed by atoms with Gasteiger partial charge in [-0.1, -0.05) is 12.1 Å². The van der Waals surface area contributed by atoms with Gasteiger partial charge in [-0.15, -0.1) is 11.3 Å². The van der Waals surface area contributed by atoms with Crippen molar-refractivity contribution in [2.45, 2.75) is 6.92 Å². The number of hydrogen-bond donors (Lipinski definition) is 1. The van der Waals surface area contributed by atoms with E-state index in [4.69, 9.17) is 4.42 Å². The number of carbonyl (C=O) groups excluding carboxylic acids is 2. The van der Waals surface area contributed by atoms with Gasteiger partial charge >= 0.3 is 6.03 Å². The van der Waals surface area contributed by atoms with Crippen molar-refractivity contribution in [2.75, 3.05) is 31.5 Å². The molecule has 1 aliphatic heterocycles. The van der Waals surface area contributed by atoms with Gasteiger partial charge in [0.25, 0.3) is 5.91 Å². The fourth-order valence-corrected chi connectivity index (χ4v) is 3.88. The average Bonchev–Trinajstić information content (AvgIpc) is 3.40. The third-order valence-corrected chi connectivity index (χ3v) is 5.58. The number of hydrogen-bond acceptors (Lipinski definition) is 5. The minimum Gasteiger partial charge on any atom is -0.459 e. The summed E-state index contributed by atoms with van der Waals surface area (Å²) in [6, 6.07) is 10.8. The Balaban J connectivity index is 1.35. The monoisotopic (exact) mass is 396 g/mol. The lowest BCUT2D eigenvalue weighted by molar-refractivity contribution is 0.0640. The van der Waals surface area contributed by atoms with E-state index >= 15 is 0 Å². The minimum absolute atomic E-state index is 0.142. The predicted octanol–water partition coefficient (Wildman–Crippen LogP) is 3.70. The Bertz CT molecular complexity index is 975. The summed E-state index contributed by atoms with van der Waals surface area (Å²) >= 11 is 1.58. The number of rotatable bonds is 3. The Kier molecular flexibility index (Phi) is 5.12. The molecule has 144 valence electrons. The Morgan fingerprint density at radius 3 is 2.57 bits per heavy atom. The van der Waals surface area contributed by atoms with Crippen LogP contribution in [0.2, 0.25) is 0 Å². The van der Waals surface area contributed by atoms with Crippen molar-refractivity contribution in [1.82, 2.24) is 14.8 Å². The van der Waals surface area contributed by atoms with Crippen LogP contribution in [0.15, 0.2) is 52.5 Å². The standard InChI is InChI=1S/C20H20N4O3S/c1-14-13-28-18(21-14)15-4-2-5-16(12-15)22-20(26)24-9-7-23(8-10-24)19(25)17-6-3-11-27-17/h2-6,11-13H,7-10H2,1H3,(H,22,26). The molecule has 4 rings (SSSR count). The predicted molar refractivity (Wildman–Crippen MR) is 107 cm³/mol. The summed E-state index contributed by atoms with van der Waals surface area (Å²) in [4.78, 5) is 32.8. The highest BCUT2D eigenvalue weighted by atomic mass is 32.1. The number of anilines is 1. The fourth-order valence-electron chi connectivity index (χ4n) is 3.09. The largest absolute Gasteiger partial charge is 0.459 e. The summed E-state index contributed by atoms with van der Waals surface area (Å²) in [6.45, 7) is 3.87. The molecule has 1 saturated heterocycles. The molecule has 3 aromatic rings. The molecule has 3 heterocycles. The third-order valence-electron chi connectivity index (χ3n) is 4.57. The first-order valence-corrected chi connectivity index (χ1v) is 9.89. The number of nitrogens with zero attached hydrogens (tertiary/aromatic N) is 3. The molecule has 1 fully saturated rings. The summed E-state index contributed by atoms with van der Waals surface area (Å²) < 4.78 is 5.16. The molecule has 28 heavy (non-hydrogen) atoms. The number of piperazine rings is 1. The van der Waals surface area contributed by atoms with Crippen molar-refractivity contribution in [1.29, 1.82) is 0 Å². The Hall–Kier alpha value is -3.13. The molecule has 2 aromatic heterocycles. The number of nitrogens with one attached hydrogen (secondary N) is 1. The average molecular weight is 396 g/mol. The van der Waals surface area contributed by atoms with Crippen molar-refractivity contribution in [3.63, 3.8) is 0 Å². The molecule has 1 aliphatic rings. The molecule has 0 bridgehead atoms. The van der Waals surface area contributed by atoms with Crippen LogP contribution in [0.1, 0.15) is 16.2 Å². The van der Waals surface area contributed by atoms with Crippen molar-refractivity contribution < 1.29 is 14.0 Å². The van der Waals surface area contributed by atoms with Gasteiger partial charge in [-0.3, -0.25) is 4.79 Å². The van der Waals surface area contributed by atoms with E-state index in [1.165, 1.54) is 6.26 Å². The van der Waals surface area contributed by atoms with Gasteiger partial charge in [-0.2, -0.15) is 0 Å². The zero-order valence-corrected chi connectivity index (χ0v) is 16.2. The van der Waals surface area contributed by atoms with E-state index in [-0.39, 0.29) is 11.9 Å². The lowest BCUT2D eigenvalue weighted by Gasteiger charge is -2.34. The number of amides is 3. The number of urea groups is 1. The number of aryl methyl sites for hydroxylation is 1. The second-order valence-corrected chi connectivity index (χ2v) is 7.42. The molecular formula is C20H20N4O3S. The van der Waals surface area contributed by atoms with E-state index in [1.54, 1.807) is 33.3 Å². The van der Waals surface area contributed by atoms with Crippen LogP contribution in [-0.2, 0) is 0 Å². The van der Waals surface area contributed by atoms with Crippen molar-refractivity contribution in [3.05, 3.63) is 59.5 Å². The molecule has 0 atom stereocenters. The van der Waals surface area contributed by atoms with Gasteiger partial charge in [-0.05, 0) is 31.2 Å². The van der Waals surface area contributed by atoms with Crippen LogP contribution < -0.4 is 5.32 Å². The number of thiazole rings is 1. The van der Waals surface area contributed by atoms with Gasteiger partial charge in [0.15, 0.2) is 5.76 Å². The van der Waals surface area contributed by atoms with Crippen LogP contribution in [0, 0.1) is 6.92 Å². The van der Waals surface area contributed by atoms with Crippen LogP contribution in [0.25, 0.3) is 10.6 Å². The van der Waals surface area contributed by atoms with Crippen LogP contribution in [-0.4, -0.2) is 52.9 Å². The molecule has 0 radical (unpaired) electrons. The van der Waals surface area contributed by atoms with Crippen molar-refractivity contribution in [2.24, 2.45) is 0 Å². The van der Waals surface area contributed by atoms with E-state index in [1.807, 2.05) is 36.6 Å². The Labute approximate surface area is 166 Å². The molecule has 1 N–H and O–H groups in total. The molecule has 8 heteroatoms. The maximum atomic E-state index is 12.6. The normalized spacial score (nSPS) is 14.2. The van der Waals surface area contributed by atoms with Gasteiger partial charge in [-0.25, -0.2) is 9.78 Å². The van der Waals surface area contributed by atoms with E-state index in [0.29, 0.717) is 31.9 Å². The molecule has 1 aromatic carbocycles. The molecule has 3 amide bonds. The number of furan rings is 1. The lowest BCUT2D eigenvalue weighted by Crippen LogP contribution is -2.51. The number of benzene rings is 1.